The third kappa shape index (κ3) is 3.55. The van der Waals surface area contributed by atoms with Crippen LogP contribution in [0.5, 0.6) is 0 Å². The number of benzene rings is 1. The summed E-state index contributed by atoms with van der Waals surface area (Å²) in [6.07, 6.45) is 0. The number of anilines is 1. The molecule has 102 valence electrons. The zero-order chi connectivity index (χ0) is 13.4. The Morgan fingerprint density at radius 3 is 1.72 bits per heavy atom. The predicted octanol–water partition coefficient (Wildman–Crippen LogP) is 2.67. The van der Waals surface area contributed by atoms with Crippen LogP contribution in [0.15, 0.2) is 30.3 Å². The molecule has 0 spiro atoms. The lowest BCUT2D eigenvalue weighted by molar-refractivity contribution is 0.0705. The number of hydrogen-bond donors (Lipinski definition) is 0. The highest BCUT2D eigenvalue weighted by Gasteiger charge is 2.47. The summed E-state index contributed by atoms with van der Waals surface area (Å²) in [5, 5.41) is 0. The highest BCUT2D eigenvalue weighted by molar-refractivity contribution is 6.65. The summed E-state index contributed by atoms with van der Waals surface area (Å²) in [5.74, 6) is 0. The maximum atomic E-state index is 5.85. The van der Waals surface area contributed by atoms with Crippen LogP contribution in [-0.4, -0.2) is 35.8 Å². The van der Waals surface area contributed by atoms with Crippen LogP contribution in [0.25, 0.3) is 0 Å². The minimum absolute atomic E-state index is 0.573. The average molecular weight is 269 g/mol. The van der Waals surface area contributed by atoms with E-state index in [-0.39, 0.29) is 0 Å². The highest BCUT2D eigenvalue weighted by Crippen LogP contribution is 2.22. The van der Waals surface area contributed by atoms with Crippen LogP contribution < -0.4 is 4.57 Å². The molecule has 1 aromatic rings. The van der Waals surface area contributed by atoms with E-state index in [9.17, 15) is 0 Å². The van der Waals surface area contributed by atoms with Crippen LogP contribution in [0.4, 0.5) is 5.69 Å². The molecule has 1 rings (SSSR count). The van der Waals surface area contributed by atoms with Crippen LogP contribution in [-0.2, 0) is 13.3 Å². The quantitative estimate of drug-likeness (QED) is 0.679. The topological polar surface area (TPSA) is 30.9 Å². The van der Waals surface area contributed by atoms with Crippen molar-refractivity contribution in [1.29, 1.82) is 0 Å². The van der Waals surface area contributed by atoms with Gasteiger partial charge in [-0.25, -0.2) is 0 Å². The second-order valence-corrected chi connectivity index (χ2v) is 6.30. The van der Waals surface area contributed by atoms with Crippen molar-refractivity contribution in [3.63, 3.8) is 0 Å². The number of hydrogen-bond acceptors (Lipinski definition) is 4. The fourth-order valence-electron chi connectivity index (χ4n) is 1.77. The maximum Gasteiger partial charge on any atom is 0.633 e. The van der Waals surface area contributed by atoms with Gasteiger partial charge >= 0.3 is 8.97 Å². The summed E-state index contributed by atoms with van der Waals surface area (Å²) >= 11 is 0. The van der Waals surface area contributed by atoms with E-state index in [0.29, 0.717) is 19.8 Å². The van der Waals surface area contributed by atoms with E-state index >= 15 is 0 Å². The number of rotatable bonds is 8. The summed E-state index contributed by atoms with van der Waals surface area (Å²) in [7, 11) is -0.846. The first-order valence-electron chi connectivity index (χ1n) is 6.40. The van der Waals surface area contributed by atoms with Gasteiger partial charge in [0.2, 0.25) is 0 Å². The molecule has 0 saturated carbocycles. The predicted molar refractivity (Wildman–Crippen MR) is 75.5 cm³/mol. The summed E-state index contributed by atoms with van der Waals surface area (Å²) in [6, 6.07) is 10.0. The molecular formula is C13H23NO3Si. The van der Waals surface area contributed by atoms with Crippen LogP contribution >= 0.6 is 0 Å². The molecule has 0 aliphatic rings. The normalized spacial score (nSPS) is 11.6. The van der Waals surface area contributed by atoms with Gasteiger partial charge in [0.1, 0.15) is 0 Å². The summed E-state index contributed by atoms with van der Waals surface area (Å²) in [6.45, 7) is 7.59. The van der Waals surface area contributed by atoms with Gasteiger partial charge in [0.05, 0.1) is 0 Å². The van der Waals surface area contributed by atoms with Crippen molar-refractivity contribution < 1.29 is 13.3 Å². The number of nitrogens with zero attached hydrogens (tertiary/aromatic N) is 1. The van der Waals surface area contributed by atoms with Crippen LogP contribution in [0, 0.1) is 0 Å². The third-order valence-corrected chi connectivity index (χ3v) is 5.57. The maximum absolute atomic E-state index is 5.85. The van der Waals surface area contributed by atoms with Crippen molar-refractivity contribution in [2.75, 3.05) is 31.4 Å². The highest BCUT2D eigenvalue weighted by atomic mass is 28.4. The van der Waals surface area contributed by atoms with Crippen molar-refractivity contribution in [2.24, 2.45) is 0 Å². The number of para-hydroxylation sites is 1. The van der Waals surface area contributed by atoms with E-state index in [2.05, 4.69) is 0 Å². The Kier molecular flexibility index (Phi) is 6.35. The van der Waals surface area contributed by atoms with Crippen LogP contribution in [0.2, 0.25) is 0 Å². The standard InChI is InChI=1S/C13H23NO3Si/c1-5-15-18(16-6-2,17-7-3)14(4)13-11-9-8-10-12-13/h8-12H,5-7H2,1-4H3. The Morgan fingerprint density at radius 2 is 1.33 bits per heavy atom. The summed E-state index contributed by atoms with van der Waals surface area (Å²) < 4.78 is 19.5. The van der Waals surface area contributed by atoms with Gasteiger partial charge in [-0.2, -0.15) is 0 Å². The van der Waals surface area contributed by atoms with Gasteiger partial charge in [0, 0.05) is 32.6 Å². The van der Waals surface area contributed by atoms with Crippen molar-refractivity contribution in [3.8, 4) is 0 Å². The lowest BCUT2D eigenvalue weighted by atomic mass is 10.3. The lowest BCUT2D eigenvalue weighted by Gasteiger charge is -2.36. The molecule has 0 aliphatic carbocycles. The minimum Gasteiger partial charge on any atom is -0.357 e. The molecule has 4 nitrogen and oxygen atoms in total. The van der Waals surface area contributed by atoms with E-state index in [4.69, 9.17) is 13.3 Å². The molecular weight excluding hydrogens is 246 g/mol. The molecule has 5 heteroatoms. The van der Waals surface area contributed by atoms with E-state index in [0.717, 1.165) is 5.69 Å². The van der Waals surface area contributed by atoms with Gasteiger partial charge in [-0.3, -0.25) is 0 Å². The Labute approximate surface area is 111 Å². The smallest absolute Gasteiger partial charge is 0.357 e. The van der Waals surface area contributed by atoms with Crippen LogP contribution in [0.1, 0.15) is 20.8 Å². The Balaban J connectivity index is 2.99. The fraction of sp³-hybridized carbons (Fsp3) is 0.538. The zero-order valence-electron chi connectivity index (χ0n) is 11.7. The van der Waals surface area contributed by atoms with Crippen molar-refractivity contribution in [2.45, 2.75) is 20.8 Å². The van der Waals surface area contributed by atoms with E-state index in [1.54, 1.807) is 0 Å². The molecule has 0 bridgehead atoms. The monoisotopic (exact) mass is 269 g/mol. The Hall–Kier alpha value is -0.883. The van der Waals surface area contributed by atoms with Gasteiger partial charge in [-0.05, 0) is 32.9 Å². The Morgan fingerprint density at radius 1 is 0.889 bits per heavy atom. The largest absolute Gasteiger partial charge is 0.633 e. The summed E-state index contributed by atoms with van der Waals surface area (Å²) in [5.41, 5.74) is 1.04. The van der Waals surface area contributed by atoms with Gasteiger partial charge in [0.15, 0.2) is 0 Å². The molecule has 0 saturated heterocycles. The molecule has 1 aromatic carbocycles. The zero-order valence-corrected chi connectivity index (χ0v) is 12.7. The van der Waals surface area contributed by atoms with Gasteiger partial charge in [-0.15, -0.1) is 0 Å². The van der Waals surface area contributed by atoms with Gasteiger partial charge < -0.3 is 17.8 Å². The summed E-state index contributed by atoms with van der Waals surface area (Å²) in [4.78, 5) is 0. The minimum atomic E-state index is -2.81. The molecule has 0 fully saturated rings. The van der Waals surface area contributed by atoms with E-state index < -0.39 is 8.97 Å². The molecule has 18 heavy (non-hydrogen) atoms. The first-order chi connectivity index (χ1) is 8.70. The van der Waals surface area contributed by atoms with Crippen molar-refractivity contribution >= 4 is 14.7 Å². The van der Waals surface area contributed by atoms with Crippen molar-refractivity contribution in [1.82, 2.24) is 0 Å². The first kappa shape index (κ1) is 15.2. The molecule has 0 heterocycles. The molecule has 0 radical (unpaired) electrons. The first-order valence-corrected chi connectivity index (χ1v) is 8.08. The van der Waals surface area contributed by atoms with E-state index in [1.807, 2.05) is 62.7 Å². The van der Waals surface area contributed by atoms with E-state index in [1.165, 1.54) is 0 Å². The third-order valence-electron chi connectivity index (χ3n) is 2.53. The van der Waals surface area contributed by atoms with Gasteiger partial charge in [0.25, 0.3) is 0 Å². The second-order valence-electron chi connectivity index (χ2n) is 3.72. The molecule has 0 aromatic heterocycles. The second kappa shape index (κ2) is 7.53. The SMILES string of the molecule is CCO[Si](OCC)(OCC)N(C)c1ccccc1. The van der Waals surface area contributed by atoms with Crippen LogP contribution in [0.3, 0.4) is 0 Å². The molecule has 0 unspecified atom stereocenters. The van der Waals surface area contributed by atoms with Gasteiger partial charge in [-0.1, -0.05) is 18.2 Å². The molecule has 0 atom stereocenters. The fourth-order valence-corrected chi connectivity index (χ4v) is 4.16. The molecule has 0 amide bonds. The molecule has 0 N–H and O–H groups in total. The molecule has 0 aliphatic heterocycles. The Bertz CT molecular complexity index is 317. The van der Waals surface area contributed by atoms with Crippen molar-refractivity contribution in [3.05, 3.63) is 30.3 Å². The lowest BCUT2D eigenvalue weighted by Crippen LogP contribution is -2.60. The average Bonchev–Trinajstić information content (AvgIpc) is 2.39.